The standard InChI is InChI=1S/C11H9BrFNS.ClH/c12-8-1-2-10(13)9(5-8)11(14)7-3-4-15-6-7;/h1-6,11H,14H2;1H/t11-;/m1./s1. The third kappa shape index (κ3) is 2.83. The van der Waals surface area contributed by atoms with E-state index in [4.69, 9.17) is 5.73 Å². The molecule has 1 aromatic heterocycles. The van der Waals surface area contributed by atoms with Crippen LogP contribution in [-0.2, 0) is 0 Å². The monoisotopic (exact) mass is 321 g/mol. The van der Waals surface area contributed by atoms with E-state index in [1.807, 2.05) is 16.8 Å². The molecular formula is C11H10BrClFNS. The van der Waals surface area contributed by atoms with E-state index in [0.717, 1.165) is 10.0 Å². The van der Waals surface area contributed by atoms with Gasteiger partial charge in [0.1, 0.15) is 5.82 Å². The van der Waals surface area contributed by atoms with E-state index in [2.05, 4.69) is 15.9 Å². The van der Waals surface area contributed by atoms with Gasteiger partial charge in [-0.15, -0.1) is 12.4 Å². The first-order chi connectivity index (χ1) is 7.18. The van der Waals surface area contributed by atoms with Crippen LogP contribution in [0.1, 0.15) is 17.2 Å². The predicted octanol–water partition coefficient (Wildman–Crippen LogP) is 4.12. The summed E-state index contributed by atoms with van der Waals surface area (Å²) < 4.78 is 14.4. The van der Waals surface area contributed by atoms with Crippen molar-refractivity contribution in [3.63, 3.8) is 0 Å². The molecule has 0 fully saturated rings. The van der Waals surface area contributed by atoms with Crippen LogP contribution in [0, 0.1) is 5.82 Å². The van der Waals surface area contributed by atoms with Crippen LogP contribution < -0.4 is 5.73 Å². The number of rotatable bonds is 2. The summed E-state index contributed by atoms with van der Waals surface area (Å²) in [5, 5.41) is 3.87. The Morgan fingerprint density at radius 1 is 1.31 bits per heavy atom. The SMILES string of the molecule is Cl.N[C@H](c1ccsc1)c1cc(Br)ccc1F. The third-order valence-corrected chi connectivity index (χ3v) is 3.39. The summed E-state index contributed by atoms with van der Waals surface area (Å²) in [5.74, 6) is -0.267. The molecule has 0 saturated carbocycles. The Bertz CT molecular complexity index is 461. The molecule has 1 aromatic carbocycles. The minimum atomic E-state index is -0.395. The van der Waals surface area contributed by atoms with Crippen molar-refractivity contribution >= 4 is 39.7 Å². The summed E-state index contributed by atoms with van der Waals surface area (Å²) in [7, 11) is 0. The Labute approximate surface area is 112 Å². The van der Waals surface area contributed by atoms with Crippen LogP contribution in [0.5, 0.6) is 0 Å². The van der Waals surface area contributed by atoms with E-state index in [9.17, 15) is 4.39 Å². The predicted molar refractivity (Wildman–Crippen MR) is 71.7 cm³/mol. The molecule has 0 radical (unpaired) electrons. The van der Waals surface area contributed by atoms with Gasteiger partial charge >= 0.3 is 0 Å². The molecule has 0 aliphatic carbocycles. The summed E-state index contributed by atoms with van der Waals surface area (Å²) in [6.45, 7) is 0. The molecule has 2 N–H and O–H groups in total. The van der Waals surface area contributed by atoms with Crippen LogP contribution >= 0.6 is 39.7 Å². The van der Waals surface area contributed by atoms with Crippen molar-refractivity contribution in [1.29, 1.82) is 0 Å². The smallest absolute Gasteiger partial charge is 0.128 e. The molecule has 2 aromatic rings. The van der Waals surface area contributed by atoms with Crippen molar-refractivity contribution in [1.82, 2.24) is 0 Å². The second-order valence-corrected chi connectivity index (χ2v) is 4.90. The van der Waals surface area contributed by atoms with Gasteiger partial charge in [-0.1, -0.05) is 15.9 Å². The highest BCUT2D eigenvalue weighted by Gasteiger charge is 2.13. The number of nitrogens with two attached hydrogens (primary N) is 1. The van der Waals surface area contributed by atoms with Crippen molar-refractivity contribution in [2.75, 3.05) is 0 Å². The summed E-state index contributed by atoms with van der Waals surface area (Å²) >= 11 is 4.87. The maximum Gasteiger partial charge on any atom is 0.128 e. The van der Waals surface area contributed by atoms with Crippen LogP contribution in [0.25, 0.3) is 0 Å². The topological polar surface area (TPSA) is 26.0 Å². The molecular weight excluding hydrogens is 313 g/mol. The van der Waals surface area contributed by atoms with Gasteiger partial charge in [0.05, 0.1) is 6.04 Å². The third-order valence-electron chi connectivity index (χ3n) is 2.20. The molecule has 0 bridgehead atoms. The van der Waals surface area contributed by atoms with Gasteiger partial charge in [0.2, 0.25) is 0 Å². The van der Waals surface area contributed by atoms with Crippen LogP contribution in [-0.4, -0.2) is 0 Å². The van der Waals surface area contributed by atoms with Crippen molar-refractivity contribution in [2.45, 2.75) is 6.04 Å². The van der Waals surface area contributed by atoms with Crippen molar-refractivity contribution < 1.29 is 4.39 Å². The molecule has 0 spiro atoms. The average molecular weight is 323 g/mol. The maximum atomic E-state index is 13.5. The molecule has 1 atom stereocenters. The Balaban J connectivity index is 0.00000128. The van der Waals surface area contributed by atoms with Gasteiger partial charge in [-0.3, -0.25) is 0 Å². The number of halogens is 3. The summed E-state index contributed by atoms with van der Waals surface area (Å²) in [5.41, 5.74) is 7.43. The number of thiophene rings is 1. The lowest BCUT2D eigenvalue weighted by molar-refractivity contribution is 0.599. The molecule has 0 amide bonds. The van der Waals surface area contributed by atoms with E-state index in [1.165, 1.54) is 6.07 Å². The number of hydrogen-bond acceptors (Lipinski definition) is 2. The largest absolute Gasteiger partial charge is 0.320 e. The zero-order valence-corrected chi connectivity index (χ0v) is 11.4. The highest BCUT2D eigenvalue weighted by atomic mass is 79.9. The Hall–Kier alpha value is -0.420. The van der Waals surface area contributed by atoms with Gasteiger partial charge < -0.3 is 5.73 Å². The fourth-order valence-electron chi connectivity index (χ4n) is 1.38. The van der Waals surface area contributed by atoms with Crippen LogP contribution in [0.15, 0.2) is 39.5 Å². The average Bonchev–Trinajstić information content (AvgIpc) is 2.74. The summed E-state index contributed by atoms with van der Waals surface area (Å²) in [6.07, 6.45) is 0. The summed E-state index contributed by atoms with van der Waals surface area (Å²) in [6, 6.07) is 6.33. The normalized spacial score (nSPS) is 11.9. The van der Waals surface area contributed by atoms with Gasteiger partial charge in [0, 0.05) is 10.0 Å². The molecule has 1 nitrogen and oxygen atoms in total. The van der Waals surface area contributed by atoms with Gasteiger partial charge in [-0.25, -0.2) is 4.39 Å². The van der Waals surface area contributed by atoms with Gasteiger partial charge in [0.25, 0.3) is 0 Å². The fourth-order valence-corrected chi connectivity index (χ4v) is 2.46. The van der Waals surface area contributed by atoms with E-state index in [0.29, 0.717) is 5.56 Å². The molecule has 2 rings (SSSR count). The molecule has 5 heteroatoms. The number of hydrogen-bond donors (Lipinski definition) is 1. The van der Waals surface area contributed by atoms with Crippen LogP contribution in [0.4, 0.5) is 4.39 Å². The molecule has 16 heavy (non-hydrogen) atoms. The highest BCUT2D eigenvalue weighted by Crippen LogP contribution is 2.26. The van der Waals surface area contributed by atoms with Gasteiger partial charge in [0.15, 0.2) is 0 Å². The minimum Gasteiger partial charge on any atom is -0.320 e. The highest BCUT2D eigenvalue weighted by molar-refractivity contribution is 9.10. The first kappa shape index (κ1) is 13.6. The zero-order valence-electron chi connectivity index (χ0n) is 8.19. The second-order valence-electron chi connectivity index (χ2n) is 3.20. The lowest BCUT2D eigenvalue weighted by Crippen LogP contribution is -2.12. The van der Waals surface area contributed by atoms with Crippen molar-refractivity contribution in [2.24, 2.45) is 5.73 Å². The van der Waals surface area contributed by atoms with Gasteiger partial charge in [-0.2, -0.15) is 11.3 Å². The fraction of sp³-hybridized carbons (Fsp3) is 0.0909. The lowest BCUT2D eigenvalue weighted by Gasteiger charge is -2.11. The quantitative estimate of drug-likeness (QED) is 0.884. The first-order valence-electron chi connectivity index (χ1n) is 4.41. The molecule has 0 aliphatic heterocycles. The van der Waals surface area contributed by atoms with Gasteiger partial charge in [-0.05, 0) is 40.6 Å². The number of benzene rings is 1. The van der Waals surface area contributed by atoms with E-state index in [1.54, 1.807) is 23.5 Å². The van der Waals surface area contributed by atoms with Crippen molar-refractivity contribution in [3.8, 4) is 0 Å². The molecule has 1 heterocycles. The maximum absolute atomic E-state index is 13.5. The van der Waals surface area contributed by atoms with Crippen LogP contribution in [0.2, 0.25) is 0 Å². The lowest BCUT2D eigenvalue weighted by atomic mass is 10.0. The first-order valence-corrected chi connectivity index (χ1v) is 6.14. The Kier molecular flexibility index (Phi) is 4.92. The van der Waals surface area contributed by atoms with E-state index < -0.39 is 6.04 Å². The molecule has 0 aliphatic rings. The zero-order chi connectivity index (χ0) is 10.8. The van der Waals surface area contributed by atoms with E-state index in [-0.39, 0.29) is 18.2 Å². The Morgan fingerprint density at radius 3 is 2.69 bits per heavy atom. The molecule has 0 unspecified atom stereocenters. The minimum absolute atomic E-state index is 0. The van der Waals surface area contributed by atoms with Crippen molar-refractivity contribution in [3.05, 3.63) is 56.4 Å². The van der Waals surface area contributed by atoms with E-state index >= 15 is 0 Å². The second kappa shape index (κ2) is 5.77. The molecule has 86 valence electrons. The van der Waals surface area contributed by atoms with Crippen LogP contribution in [0.3, 0.4) is 0 Å². The molecule has 0 saturated heterocycles. The Morgan fingerprint density at radius 2 is 2.06 bits per heavy atom. The summed E-state index contributed by atoms with van der Waals surface area (Å²) in [4.78, 5) is 0.